The van der Waals surface area contributed by atoms with Gasteiger partial charge in [-0.25, -0.2) is 21.6 Å². The van der Waals surface area contributed by atoms with Gasteiger partial charge in [-0.3, -0.25) is 0 Å². The number of piperidine rings is 1. The molecule has 1 aliphatic heterocycles. The normalized spacial score (nSPS) is 17.5. The highest BCUT2D eigenvalue weighted by Gasteiger charge is 2.33. The van der Waals surface area contributed by atoms with Gasteiger partial charge in [-0.05, 0) is 43.6 Å². The molecule has 0 spiro atoms. The summed E-state index contributed by atoms with van der Waals surface area (Å²) in [5.41, 5.74) is 0.360. The van der Waals surface area contributed by atoms with Gasteiger partial charge in [-0.1, -0.05) is 12.1 Å². The highest BCUT2D eigenvalue weighted by atomic mass is 35.5. The molecule has 0 bridgehead atoms. The van der Waals surface area contributed by atoms with E-state index >= 15 is 0 Å². The molecule has 2 rings (SSSR count). The molecule has 0 amide bonds. The van der Waals surface area contributed by atoms with Crippen LogP contribution in [0.4, 0.5) is 0 Å². The molecular weight excluding hydrogens is 400 g/mol. The van der Waals surface area contributed by atoms with E-state index in [2.05, 4.69) is 10.0 Å². The molecule has 0 aliphatic carbocycles. The van der Waals surface area contributed by atoms with Gasteiger partial charge in [0.1, 0.15) is 0 Å². The molecule has 1 fully saturated rings. The molecule has 26 heavy (non-hydrogen) atoms. The van der Waals surface area contributed by atoms with Crippen molar-refractivity contribution in [2.75, 3.05) is 39.6 Å². The van der Waals surface area contributed by atoms with E-state index in [4.69, 9.17) is 4.74 Å². The van der Waals surface area contributed by atoms with Crippen molar-refractivity contribution in [3.63, 3.8) is 0 Å². The van der Waals surface area contributed by atoms with Crippen LogP contribution in [0.5, 0.6) is 0 Å². The number of benzene rings is 1. The van der Waals surface area contributed by atoms with Crippen molar-refractivity contribution in [2.24, 2.45) is 5.41 Å². The van der Waals surface area contributed by atoms with Crippen molar-refractivity contribution >= 4 is 32.3 Å². The molecule has 0 unspecified atom stereocenters. The Labute approximate surface area is 162 Å². The Kier molecular flexibility index (Phi) is 8.50. The Morgan fingerprint density at radius 3 is 2.19 bits per heavy atom. The molecule has 1 heterocycles. The van der Waals surface area contributed by atoms with Gasteiger partial charge < -0.3 is 10.1 Å². The van der Waals surface area contributed by atoms with Gasteiger partial charge in [0.25, 0.3) is 0 Å². The zero-order valence-corrected chi connectivity index (χ0v) is 17.5. The lowest BCUT2D eigenvalue weighted by atomic mass is 9.80. The fraction of sp³-hybridized carbons (Fsp3) is 0.625. The summed E-state index contributed by atoms with van der Waals surface area (Å²) in [5, 5.41) is 3.27. The highest BCUT2D eigenvalue weighted by molar-refractivity contribution is 7.90. The predicted molar refractivity (Wildman–Crippen MR) is 104 cm³/mol. The predicted octanol–water partition coefficient (Wildman–Crippen LogP) is 0.947. The summed E-state index contributed by atoms with van der Waals surface area (Å²) in [6.45, 7) is 2.50. The van der Waals surface area contributed by atoms with Crippen LogP contribution in [0.1, 0.15) is 18.4 Å². The van der Waals surface area contributed by atoms with Crippen LogP contribution in [0.2, 0.25) is 0 Å². The van der Waals surface area contributed by atoms with Crippen molar-refractivity contribution in [3.05, 3.63) is 29.8 Å². The van der Waals surface area contributed by atoms with E-state index in [1.54, 1.807) is 7.11 Å². The van der Waals surface area contributed by atoms with Gasteiger partial charge >= 0.3 is 0 Å². The number of rotatable bonds is 8. The van der Waals surface area contributed by atoms with E-state index in [-0.39, 0.29) is 28.5 Å². The summed E-state index contributed by atoms with van der Waals surface area (Å²) in [6.07, 6.45) is 2.83. The molecule has 1 aliphatic rings. The molecular formula is C16H27ClN2O5S2. The van der Waals surface area contributed by atoms with Gasteiger partial charge in [-0.2, -0.15) is 0 Å². The fourth-order valence-electron chi connectivity index (χ4n) is 3.03. The number of hydrogen-bond donors (Lipinski definition) is 2. The molecule has 1 aromatic rings. The number of sulfonamides is 1. The largest absolute Gasteiger partial charge is 0.384 e. The van der Waals surface area contributed by atoms with Crippen LogP contribution in [0, 0.1) is 5.41 Å². The van der Waals surface area contributed by atoms with Crippen molar-refractivity contribution in [1.29, 1.82) is 0 Å². The summed E-state index contributed by atoms with van der Waals surface area (Å²) in [6, 6.07) is 5.94. The first-order chi connectivity index (χ1) is 11.7. The molecule has 150 valence electrons. The molecule has 0 atom stereocenters. The SMILES string of the molecule is COCC1(CNS(=O)(=O)c2ccc(CS(C)(=O)=O)cc2)CCNCC1.Cl. The van der Waals surface area contributed by atoms with Crippen molar-refractivity contribution in [2.45, 2.75) is 23.5 Å². The Bertz CT molecular complexity index is 768. The summed E-state index contributed by atoms with van der Waals surface area (Å²) in [7, 11) is -5.18. The smallest absolute Gasteiger partial charge is 0.240 e. The highest BCUT2D eigenvalue weighted by Crippen LogP contribution is 2.29. The van der Waals surface area contributed by atoms with E-state index in [0.29, 0.717) is 18.7 Å². The Balaban J connectivity index is 0.00000338. The fourth-order valence-corrected chi connectivity index (χ4v) is 4.99. The van der Waals surface area contributed by atoms with E-state index in [1.807, 2.05) is 0 Å². The lowest BCUT2D eigenvalue weighted by Crippen LogP contribution is -2.47. The third-order valence-corrected chi connectivity index (χ3v) is 6.69. The first kappa shape index (κ1) is 23.3. The maximum Gasteiger partial charge on any atom is 0.240 e. The Morgan fingerprint density at radius 1 is 1.12 bits per heavy atom. The van der Waals surface area contributed by atoms with Crippen LogP contribution in [0.15, 0.2) is 29.2 Å². The lowest BCUT2D eigenvalue weighted by Gasteiger charge is -2.37. The van der Waals surface area contributed by atoms with Crippen LogP contribution >= 0.6 is 12.4 Å². The van der Waals surface area contributed by atoms with Crippen molar-refractivity contribution in [3.8, 4) is 0 Å². The number of halogens is 1. The molecule has 0 radical (unpaired) electrons. The van der Waals surface area contributed by atoms with E-state index in [0.717, 1.165) is 32.2 Å². The zero-order valence-electron chi connectivity index (χ0n) is 15.0. The standard InChI is InChI=1S/C16H26N2O5S2.ClH/c1-23-13-16(7-9-17-10-8-16)12-18-25(21,22)15-5-3-14(4-6-15)11-24(2,19)20;/h3-6,17-18H,7-13H2,1-2H3;1H. The average molecular weight is 427 g/mol. The van der Waals surface area contributed by atoms with Crippen LogP contribution in [0.25, 0.3) is 0 Å². The monoisotopic (exact) mass is 426 g/mol. The molecule has 0 saturated carbocycles. The Hall–Kier alpha value is -0.710. The molecule has 7 nitrogen and oxygen atoms in total. The van der Waals surface area contributed by atoms with E-state index in [1.165, 1.54) is 24.3 Å². The Morgan fingerprint density at radius 2 is 1.69 bits per heavy atom. The minimum absolute atomic E-state index is 0. The topological polar surface area (TPSA) is 102 Å². The van der Waals surface area contributed by atoms with E-state index in [9.17, 15) is 16.8 Å². The van der Waals surface area contributed by atoms with Gasteiger partial charge in [0, 0.05) is 25.3 Å². The first-order valence-electron chi connectivity index (χ1n) is 8.12. The number of nitrogens with one attached hydrogen (secondary N) is 2. The van der Waals surface area contributed by atoms with E-state index < -0.39 is 19.9 Å². The summed E-state index contributed by atoms with van der Waals surface area (Å²) < 4.78 is 55.7. The van der Waals surface area contributed by atoms with Crippen LogP contribution in [0.3, 0.4) is 0 Å². The summed E-state index contributed by atoms with van der Waals surface area (Å²) >= 11 is 0. The van der Waals surface area contributed by atoms with Crippen LogP contribution in [-0.4, -0.2) is 56.4 Å². The van der Waals surface area contributed by atoms with Crippen molar-refractivity contribution < 1.29 is 21.6 Å². The molecule has 1 aromatic carbocycles. The number of hydrogen-bond acceptors (Lipinski definition) is 6. The molecule has 1 saturated heterocycles. The summed E-state index contributed by atoms with van der Waals surface area (Å²) in [5.74, 6) is -0.106. The summed E-state index contributed by atoms with van der Waals surface area (Å²) in [4.78, 5) is 0.131. The first-order valence-corrected chi connectivity index (χ1v) is 11.7. The average Bonchev–Trinajstić information content (AvgIpc) is 2.53. The van der Waals surface area contributed by atoms with Crippen LogP contribution < -0.4 is 10.0 Å². The maximum atomic E-state index is 12.5. The zero-order chi connectivity index (χ0) is 18.6. The number of sulfone groups is 1. The molecule has 2 N–H and O–H groups in total. The molecule has 10 heteroatoms. The third kappa shape index (κ3) is 6.79. The van der Waals surface area contributed by atoms with Gasteiger partial charge in [-0.15, -0.1) is 12.4 Å². The maximum absolute atomic E-state index is 12.5. The minimum atomic E-state index is -3.65. The minimum Gasteiger partial charge on any atom is -0.384 e. The second-order valence-corrected chi connectivity index (χ2v) is 10.6. The quantitative estimate of drug-likeness (QED) is 0.641. The number of ether oxygens (including phenoxy) is 1. The second-order valence-electron chi connectivity index (χ2n) is 6.72. The lowest BCUT2D eigenvalue weighted by molar-refractivity contribution is 0.0577. The second kappa shape index (κ2) is 9.48. The number of methoxy groups -OCH3 is 1. The van der Waals surface area contributed by atoms with Gasteiger partial charge in [0.05, 0.1) is 17.3 Å². The third-order valence-electron chi connectivity index (χ3n) is 4.41. The molecule has 0 aromatic heterocycles. The van der Waals surface area contributed by atoms with Gasteiger partial charge in [0.2, 0.25) is 10.0 Å². The van der Waals surface area contributed by atoms with Crippen molar-refractivity contribution in [1.82, 2.24) is 10.0 Å². The van der Waals surface area contributed by atoms with Crippen LogP contribution in [-0.2, 0) is 30.4 Å². The van der Waals surface area contributed by atoms with Gasteiger partial charge in [0.15, 0.2) is 9.84 Å².